The molecule has 1 aromatic rings. The van der Waals surface area contributed by atoms with Gasteiger partial charge in [0.2, 0.25) is 0 Å². The maximum absolute atomic E-state index is 4.36. The highest BCUT2D eigenvalue weighted by molar-refractivity contribution is 14.0. The topological polar surface area (TPSA) is 39.7 Å². The normalized spacial score (nSPS) is 18.3. The maximum Gasteiger partial charge on any atom is 0.191 e. The van der Waals surface area contributed by atoms with E-state index in [0.717, 1.165) is 31.4 Å². The van der Waals surface area contributed by atoms with Crippen molar-refractivity contribution in [3.8, 4) is 0 Å². The van der Waals surface area contributed by atoms with E-state index in [-0.39, 0.29) is 24.0 Å². The Morgan fingerprint density at radius 2 is 1.96 bits per heavy atom. The number of aryl methyl sites for hydroxylation is 1. The van der Waals surface area contributed by atoms with E-state index >= 15 is 0 Å². The smallest absolute Gasteiger partial charge is 0.191 e. The van der Waals surface area contributed by atoms with E-state index in [4.69, 9.17) is 0 Å². The van der Waals surface area contributed by atoms with E-state index in [2.05, 4.69) is 58.6 Å². The molecule has 1 fully saturated rings. The zero-order valence-electron chi connectivity index (χ0n) is 15.3. The first-order valence-corrected chi connectivity index (χ1v) is 9.00. The number of guanidine groups is 1. The van der Waals surface area contributed by atoms with E-state index in [1.54, 1.807) is 0 Å². The molecule has 1 heterocycles. The van der Waals surface area contributed by atoms with Gasteiger partial charge >= 0.3 is 0 Å². The van der Waals surface area contributed by atoms with Gasteiger partial charge in [-0.25, -0.2) is 0 Å². The number of hydrogen-bond acceptors (Lipinski definition) is 2. The van der Waals surface area contributed by atoms with Crippen molar-refractivity contribution in [1.82, 2.24) is 15.5 Å². The number of benzene rings is 1. The molecule has 1 atom stereocenters. The molecule has 1 unspecified atom stereocenters. The predicted octanol–water partition coefficient (Wildman–Crippen LogP) is 3.26. The molecule has 0 bridgehead atoms. The van der Waals surface area contributed by atoms with Gasteiger partial charge in [-0.3, -0.25) is 4.99 Å². The van der Waals surface area contributed by atoms with Crippen molar-refractivity contribution >= 4 is 29.9 Å². The number of likely N-dealkylation sites (tertiary alicyclic amines) is 1. The highest BCUT2D eigenvalue weighted by Gasteiger charge is 2.21. The molecule has 2 N–H and O–H groups in total. The van der Waals surface area contributed by atoms with Crippen LogP contribution < -0.4 is 10.6 Å². The summed E-state index contributed by atoms with van der Waals surface area (Å²) < 4.78 is 0. The molecule has 1 saturated heterocycles. The van der Waals surface area contributed by atoms with Crippen LogP contribution in [0.4, 0.5) is 0 Å². The Kier molecular flexibility index (Phi) is 10.3. The van der Waals surface area contributed by atoms with Crippen molar-refractivity contribution in [2.45, 2.75) is 39.7 Å². The molecule has 0 spiro atoms. The van der Waals surface area contributed by atoms with Crippen molar-refractivity contribution in [3.05, 3.63) is 35.4 Å². The summed E-state index contributed by atoms with van der Waals surface area (Å²) in [5.74, 6) is 1.65. The lowest BCUT2D eigenvalue weighted by molar-refractivity contribution is 0.324. The Hall–Kier alpha value is -0.820. The third-order valence-corrected chi connectivity index (χ3v) is 4.64. The van der Waals surface area contributed by atoms with Gasteiger partial charge in [0.05, 0.1) is 0 Å². The molecule has 1 aliphatic heterocycles. The van der Waals surface area contributed by atoms with E-state index < -0.39 is 0 Å². The van der Waals surface area contributed by atoms with Gasteiger partial charge in [-0.05, 0) is 49.4 Å². The molecule has 0 aromatic heterocycles. The Morgan fingerprint density at radius 3 is 2.62 bits per heavy atom. The third kappa shape index (κ3) is 6.59. The van der Waals surface area contributed by atoms with E-state index in [0.29, 0.717) is 0 Å². The van der Waals surface area contributed by atoms with Crippen LogP contribution in [-0.4, -0.2) is 44.1 Å². The molecule has 0 saturated carbocycles. The van der Waals surface area contributed by atoms with Crippen LogP contribution >= 0.6 is 24.0 Å². The van der Waals surface area contributed by atoms with E-state index in [1.165, 1.54) is 43.6 Å². The minimum absolute atomic E-state index is 0. The van der Waals surface area contributed by atoms with Gasteiger partial charge in [0, 0.05) is 26.7 Å². The monoisotopic (exact) mass is 444 g/mol. The fourth-order valence-electron chi connectivity index (χ4n) is 3.31. The van der Waals surface area contributed by atoms with Crippen LogP contribution in [0.15, 0.2) is 29.3 Å². The van der Waals surface area contributed by atoms with Gasteiger partial charge in [-0.15, -0.1) is 24.0 Å². The predicted molar refractivity (Wildman–Crippen MR) is 114 cm³/mol. The van der Waals surface area contributed by atoms with Crippen LogP contribution in [-0.2, 0) is 13.0 Å². The zero-order chi connectivity index (χ0) is 16.5. The molecule has 24 heavy (non-hydrogen) atoms. The van der Waals surface area contributed by atoms with Gasteiger partial charge < -0.3 is 15.5 Å². The lowest BCUT2D eigenvalue weighted by atomic mass is 10.1. The van der Waals surface area contributed by atoms with Crippen LogP contribution in [0.25, 0.3) is 0 Å². The van der Waals surface area contributed by atoms with Crippen molar-refractivity contribution in [3.63, 3.8) is 0 Å². The van der Waals surface area contributed by atoms with E-state index in [9.17, 15) is 0 Å². The van der Waals surface area contributed by atoms with Crippen molar-refractivity contribution in [2.75, 3.05) is 33.2 Å². The molecule has 1 aliphatic rings. The van der Waals surface area contributed by atoms with Crippen LogP contribution in [0, 0.1) is 5.92 Å². The lowest BCUT2D eigenvalue weighted by Crippen LogP contribution is -2.40. The Balaban J connectivity index is 0.00000288. The second-order valence-electron chi connectivity index (χ2n) is 6.38. The van der Waals surface area contributed by atoms with Crippen molar-refractivity contribution < 1.29 is 0 Å². The first kappa shape index (κ1) is 21.2. The largest absolute Gasteiger partial charge is 0.356 e. The average molecular weight is 444 g/mol. The number of nitrogens with one attached hydrogen (secondary N) is 2. The Labute approximate surface area is 164 Å². The molecule has 0 aliphatic carbocycles. The fraction of sp³-hybridized carbons (Fsp3) is 0.632. The minimum atomic E-state index is 0. The van der Waals surface area contributed by atoms with Gasteiger partial charge in [0.25, 0.3) is 0 Å². The quantitative estimate of drug-likeness (QED) is 0.385. The average Bonchev–Trinajstić information content (AvgIpc) is 3.03. The van der Waals surface area contributed by atoms with Crippen LogP contribution in [0.3, 0.4) is 0 Å². The number of aliphatic imine (C=N–C) groups is 1. The first-order valence-electron chi connectivity index (χ1n) is 9.00. The van der Waals surface area contributed by atoms with Gasteiger partial charge in [0.1, 0.15) is 0 Å². The second kappa shape index (κ2) is 11.7. The van der Waals surface area contributed by atoms with Gasteiger partial charge in [-0.1, -0.05) is 38.1 Å². The molecule has 1 aromatic carbocycles. The zero-order valence-corrected chi connectivity index (χ0v) is 17.7. The second-order valence-corrected chi connectivity index (χ2v) is 6.38. The van der Waals surface area contributed by atoms with Crippen molar-refractivity contribution in [1.29, 1.82) is 0 Å². The lowest BCUT2D eigenvalue weighted by Gasteiger charge is -2.17. The molecular formula is C19H33IN4. The summed E-state index contributed by atoms with van der Waals surface area (Å²) in [4.78, 5) is 6.93. The maximum atomic E-state index is 4.36. The summed E-state index contributed by atoms with van der Waals surface area (Å²) in [5, 5.41) is 6.94. The summed E-state index contributed by atoms with van der Waals surface area (Å²) in [7, 11) is 1.85. The summed E-state index contributed by atoms with van der Waals surface area (Å²) in [6.07, 6.45) is 3.61. The van der Waals surface area contributed by atoms with Crippen LogP contribution in [0.5, 0.6) is 0 Å². The minimum Gasteiger partial charge on any atom is -0.356 e. The van der Waals surface area contributed by atoms with Crippen LogP contribution in [0.1, 0.15) is 37.8 Å². The molecular weight excluding hydrogens is 411 g/mol. The first-order chi connectivity index (χ1) is 11.3. The third-order valence-electron chi connectivity index (χ3n) is 4.64. The summed E-state index contributed by atoms with van der Waals surface area (Å²) in [6, 6.07) is 8.61. The number of rotatable bonds is 7. The standard InChI is InChI=1S/C19H32N4.HI/c1-4-11-23-12-10-16(15-23)13-21-19(20-3)22-14-18-9-7-6-8-17(18)5-2;/h6-9,16H,4-5,10-15H2,1-3H3,(H2,20,21,22);1H. The summed E-state index contributed by atoms with van der Waals surface area (Å²) >= 11 is 0. The number of halogens is 1. The molecule has 0 radical (unpaired) electrons. The van der Waals surface area contributed by atoms with Crippen molar-refractivity contribution in [2.24, 2.45) is 10.9 Å². The van der Waals surface area contributed by atoms with E-state index in [1.807, 2.05) is 7.05 Å². The van der Waals surface area contributed by atoms with Crippen LogP contribution in [0.2, 0.25) is 0 Å². The molecule has 5 heteroatoms. The molecule has 2 rings (SSSR count). The number of nitrogens with zero attached hydrogens (tertiary/aromatic N) is 2. The molecule has 0 amide bonds. The fourth-order valence-corrected chi connectivity index (χ4v) is 3.31. The van der Waals surface area contributed by atoms with Gasteiger partial charge in [0.15, 0.2) is 5.96 Å². The highest BCUT2D eigenvalue weighted by Crippen LogP contribution is 2.15. The Bertz CT molecular complexity index is 504. The molecule has 4 nitrogen and oxygen atoms in total. The SMILES string of the molecule is CCCN1CCC(CNC(=NC)NCc2ccccc2CC)C1.I. The molecule has 136 valence electrons. The summed E-state index contributed by atoms with van der Waals surface area (Å²) in [5.41, 5.74) is 2.76. The number of hydrogen-bond donors (Lipinski definition) is 2. The highest BCUT2D eigenvalue weighted by atomic mass is 127. The Morgan fingerprint density at radius 1 is 1.21 bits per heavy atom. The van der Waals surface area contributed by atoms with Gasteiger partial charge in [-0.2, -0.15) is 0 Å². The summed E-state index contributed by atoms with van der Waals surface area (Å²) in [6.45, 7) is 10.00.